The van der Waals surface area contributed by atoms with Gasteiger partial charge in [-0.3, -0.25) is 4.90 Å². The van der Waals surface area contributed by atoms with Crippen molar-refractivity contribution in [2.45, 2.75) is 19.4 Å². The number of carbonyl (C=O) groups is 2. The summed E-state index contributed by atoms with van der Waals surface area (Å²) in [5, 5.41) is 14.8. The predicted octanol–water partition coefficient (Wildman–Crippen LogP) is 4.38. The van der Waals surface area contributed by atoms with Gasteiger partial charge in [0.2, 0.25) is 0 Å². The molecule has 1 aliphatic rings. The van der Waals surface area contributed by atoms with Crippen LogP contribution in [0.2, 0.25) is 0 Å². The van der Waals surface area contributed by atoms with E-state index in [4.69, 9.17) is 24.5 Å². The topological polar surface area (TPSA) is 90.3 Å². The molecule has 184 valence electrons. The summed E-state index contributed by atoms with van der Waals surface area (Å²) in [7, 11) is 0. The third kappa shape index (κ3) is 9.60. The second-order valence-corrected chi connectivity index (χ2v) is 8.38. The Morgan fingerprint density at radius 2 is 1.23 bits per heavy atom. The Balaban J connectivity index is 0.000000509. The molecule has 0 spiro atoms. The lowest BCUT2D eigenvalue weighted by Gasteiger charge is -2.34. The maximum atomic E-state index is 9.10. The van der Waals surface area contributed by atoms with Crippen molar-refractivity contribution >= 4 is 11.9 Å². The fourth-order valence-corrected chi connectivity index (χ4v) is 3.91. The number of carboxylic acids is 2. The fourth-order valence-electron chi connectivity index (χ4n) is 3.91. The van der Waals surface area contributed by atoms with E-state index in [1.165, 1.54) is 30.5 Å². The lowest BCUT2D eigenvalue weighted by molar-refractivity contribution is -0.159. The maximum Gasteiger partial charge on any atom is 0.414 e. The molecule has 7 nitrogen and oxygen atoms in total. The van der Waals surface area contributed by atoms with Gasteiger partial charge in [0.15, 0.2) is 0 Å². The van der Waals surface area contributed by atoms with Crippen molar-refractivity contribution in [3.8, 4) is 11.5 Å². The normalized spacial score (nSPS) is 13.9. The van der Waals surface area contributed by atoms with Crippen LogP contribution in [-0.4, -0.2) is 64.7 Å². The Kier molecular flexibility index (Phi) is 10.3. The van der Waals surface area contributed by atoms with Crippen LogP contribution in [0.3, 0.4) is 0 Å². The third-order valence-corrected chi connectivity index (χ3v) is 5.71. The van der Waals surface area contributed by atoms with Gasteiger partial charge >= 0.3 is 11.9 Å². The highest BCUT2D eigenvalue weighted by Gasteiger charge is 2.16. The van der Waals surface area contributed by atoms with Crippen molar-refractivity contribution in [3.63, 3.8) is 0 Å². The summed E-state index contributed by atoms with van der Waals surface area (Å²) in [6.07, 6.45) is 2.41. The Morgan fingerprint density at radius 1 is 0.686 bits per heavy atom. The molecule has 1 heterocycles. The number of hydrogen-bond acceptors (Lipinski definition) is 5. The summed E-state index contributed by atoms with van der Waals surface area (Å²) < 4.78 is 5.98. The fraction of sp³-hybridized carbons (Fsp3) is 0.286. The molecule has 0 aliphatic carbocycles. The molecule has 0 aromatic heterocycles. The van der Waals surface area contributed by atoms with E-state index >= 15 is 0 Å². The first-order chi connectivity index (χ1) is 17.0. The van der Waals surface area contributed by atoms with Gasteiger partial charge in [0.25, 0.3) is 0 Å². The van der Waals surface area contributed by atoms with Crippen molar-refractivity contribution in [3.05, 3.63) is 96.1 Å². The summed E-state index contributed by atoms with van der Waals surface area (Å²) in [6.45, 7) is 6.78. The molecule has 7 heteroatoms. The van der Waals surface area contributed by atoms with Crippen molar-refractivity contribution in [1.82, 2.24) is 9.80 Å². The number of aryl methyl sites for hydroxylation is 1. The summed E-state index contributed by atoms with van der Waals surface area (Å²) in [5.74, 6) is -1.85. The first kappa shape index (κ1) is 25.9. The Bertz CT molecular complexity index is 1040. The van der Waals surface area contributed by atoms with E-state index in [1.54, 1.807) is 0 Å². The average Bonchev–Trinajstić information content (AvgIpc) is 2.87. The molecule has 0 unspecified atom stereocenters. The summed E-state index contributed by atoms with van der Waals surface area (Å²) in [5.41, 5.74) is 2.76. The van der Waals surface area contributed by atoms with Gasteiger partial charge in [-0.05, 0) is 54.8 Å². The molecule has 3 aromatic carbocycles. The smallest absolute Gasteiger partial charge is 0.414 e. The van der Waals surface area contributed by atoms with Crippen LogP contribution in [0.15, 0.2) is 84.9 Å². The van der Waals surface area contributed by atoms with E-state index in [-0.39, 0.29) is 0 Å². The van der Waals surface area contributed by atoms with Gasteiger partial charge in [-0.1, -0.05) is 60.7 Å². The molecule has 1 aliphatic heterocycles. The van der Waals surface area contributed by atoms with Gasteiger partial charge in [0, 0.05) is 32.7 Å². The van der Waals surface area contributed by atoms with Crippen molar-refractivity contribution in [2.24, 2.45) is 0 Å². The first-order valence-corrected chi connectivity index (χ1v) is 11.8. The number of rotatable bonds is 8. The lowest BCUT2D eigenvalue weighted by atomic mass is 10.1. The Hall–Kier alpha value is -3.68. The monoisotopic (exact) mass is 476 g/mol. The zero-order valence-electron chi connectivity index (χ0n) is 19.8. The zero-order chi connectivity index (χ0) is 24.9. The number of benzene rings is 3. The summed E-state index contributed by atoms with van der Waals surface area (Å²) in [6, 6.07) is 29.3. The van der Waals surface area contributed by atoms with E-state index in [9.17, 15) is 0 Å². The van der Waals surface area contributed by atoms with E-state index in [2.05, 4.69) is 58.3 Å². The largest absolute Gasteiger partial charge is 0.473 e. The van der Waals surface area contributed by atoms with Crippen LogP contribution < -0.4 is 4.74 Å². The molecule has 1 saturated heterocycles. The second-order valence-electron chi connectivity index (χ2n) is 8.38. The van der Waals surface area contributed by atoms with E-state index < -0.39 is 11.9 Å². The number of para-hydroxylation sites is 1. The molecule has 0 radical (unpaired) electrons. The highest BCUT2D eigenvalue weighted by Crippen LogP contribution is 2.22. The van der Waals surface area contributed by atoms with Gasteiger partial charge in [-0.2, -0.15) is 0 Å². The number of piperazine rings is 1. The first-order valence-electron chi connectivity index (χ1n) is 11.8. The van der Waals surface area contributed by atoms with Crippen molar-refractivity contribution in [2.75, 3.05) is 32.7 Å². The maximum absolute atomic E-state index is 9.10. The Labute approximate surface area is 206 Å². The standard InChI is InChI=1S/C26H30N2O.C2H2O4/c1-3-9-23(10-4-1)12-8-16-27-17-19-28(20-18-27)22-24-11-7-15-26(21-24)29-25-13-5-2-6-14-25;3-1(4)2(5)6/h1-7,9-11,13-15,21H,8,12,16-20,22H2;(H,3,4)(H,5,6). The van der Waals surface area contributed by atoms with Crippen LogP contribution in [0.5, 0.6) is 11.5 Å². The van der Waals surface area contributed by atoms with Crippen LogP contribution in [0.4, 0.5) is 0 Å². The molecule has 4 rings (SSSR count). The summed E-state index contributed by atoms with van der Waals surface area (Å²) >= 11 is 0. The zero-order valence-corrected chi connectivity index (χ0v) is 19.8. The molecule has 0 saturated carbocycles. The van der Waals surface area contributed by atoms with Gasteiger partial charge in [-0.25, -0.2) is 9.59 Å². The van der Waals surface area contributed by atoms with E-state index in [0.29, 0.717) is 0 Å². The van der Waals surface area contributed by atoms with Crippen molar-refractivity contribution < 1.29 is 24.5 Å². The molecular formula is C28H32N2O5. The molecule has 0 bridgehead atoms. The number of nitrogens with zero attached hydrogens (tertiary/aromatic N) is 2. The number of aliphatic carboxylic acids is 2. The minimum absolute atomic E-state index is 0.883. The van der Waals surface area contributed by atoms with Crippen LogP contribution in [0.1, 0.15) is 17.5 Å². The molecule has 3 aromatic rings. The molecule has 1 fully saturated rings. The van der Waals surface area contributed by atoms with Gasteiger partial charge < -0.3 is 19.8 Å². The van der Waals surface area contributed by atoms with Gasteiger partial charge in [0.05, 0.1) is 0 Å². The molecule has 0 amide bonds. The molecular weight excluding hydrogens is 444 g/mol. The van der Waals surface area contributed by atoms with Crippen molar-refractivity contribution in [1.29, 1.82) is 0 Å². The van der Waals surface area contributed by atoms with Crippen LogP contribution in [-0.2, 0) is 22.6 Å². The number of hydrogen-bond donors (Lipinski definition) is 2. The van der Waals surface area contributed by atoms with Gasteiger partial charge in [-0.15, -0.1) is 0 Å². The van der Waals surface area contributed by atoms with Crippen LogP contribution in [0.25, 0.3) is 0 Å². The number of carboxylic acid groups (broad SMARTS) is 2. The molecule has 2 N–H and O–H groups in total. The second kappa shape index (κ2) is 13.9. The molecule has 0 atom stereocenters. The third-order valence-electron chi connectivity index (χ3n) is 5.71. The Morgan fingerprint density at radius 3 is 1.86 bits per heavy atom. The average molecular weight is 477 g/mol. The minimum Gasteiger partial charge on any atom is -0.473 e. The SMILES string of the molecule is O=C(O)C(=O)O.c1ccc(CCCN2CCN(Cc3cccc(Oc4ccccc4)c3)CC2)cc1. The number of ether oxygens (including phenoxy) is 1. The summed E-state index contributed by atoms with van der Waals surface area (Å²) in [4.78, 5) is 23.4. The molecule has 35 heavy (non-hydrogen) atoms. The highest BCUT2D eigenvalue weighted by atomic mass is 16.5. The predicted molar refractivity (Wildman–Crippen MR) is 135 cm³/mol. The minimum atomic E-state index is -1.82. The highest BCUT2D eigenvalue weighted by molar-refractivity contribution is 6.27. The lowest BCUT2D eigenvalue weighted by Crippen LogP contribution is -2.46. The van der Waals surface area contributed by atoms with Crippen LogP contribution >= 0.6 is 0 Å². The van der Waals surface area contributed by atoms with E-state index in [1.807, 2.05) is 36.4 Å². The van der Waals surface area contributed by atoms with Crippen LogP contribution in [0, 0.1) is 0 Å². The quantitative estimate of drug-likeness (QED) is 0.466. The van der Waals surface area contributed by atoms with Gasteiger partial charge in [0.1, 0.15) is 11.5 Å². The van der Waals surface area contributed by atoms with E-state index in [0.717, 1.165) is 44.2 Å².